The number of nitrogens with zero attached hydrogens (tertiary/aromatic N) is 2. The van der Waals surface area contributed by atoms with E-state index in [0.29, 0.717) is 34.1 Å². The van der Waals surface area contributed by atoms with Crippen LogP contribution in [0.2, 0.25) is 0 Å². The summed E-state index contributed by atoms with van der Waals surface area (Å²) in [6.07, 6.45) is 1.55. The molecule has 0 atom stereocenters. The molecular formula is C21H18N4O3. The van der Waals surface area contributed by atoms with E-state index >= 15 is 0 Å². The maximum Gasteiger partial charge on any atom is 0.255 e. The summed E-state index contributed by atoms with van der Waals surface area (Å²) >= 11 is 0. The van der Waals surface area contributed by atoms with Gasteiger partial charge < -0.3 is 20.1 Å². The first kappa shape index (κ1) is 18.7. The zero-order valence-corrected chi connectivity index (χ0v) is 15.4. The highest BCUT2D eigenvalue weighted by atomic mass is 16.5. The van der Waals surface area contributed by atoms with Gasteiger partial charge >= 0.3 is 0 Å². The molecule has 28 heavy (non-hydrogen) atoms. The highest BCUT2D eigenvalue weighted by molar-refractivity contribution is 6.04. The summed E-state index contributed by atoms with van der Waals surface area (Å²) in [5.74, 6) is 1.45. The molecule has 3 rings (SSSR count). The van der Waals surface area contributed by atoms with E-state index in [4.69, 9.17) is 14.7 Å². The molecule has 7 nitrogen and oxygen atoms in total. The van der Waals surface area contributed by atoms with E-state index in [2.05, 4.69) is 15.6 Å². The molecule has 0 saturated carbocycles. The van der Waals surface area contributed by atoms with E-state index in [1.165, 1.54) is 0 Å². The Hall–Kier alpha value is -4.05. The van der Waals surface area contributed by atoms with Crippen molar-refractivity contribution in [1.29, 1.82) is 5.26 Å². The summed E-state index contributed by atoms with van der Waals surface area (Å²) in [6, 6.07) is 17.4. The van der Waals surface area contributed by atoms with Crippen LogP contribution in [0.3, 0.4) is 0 Å². The molecular weight excluding hydrogens is 356 g/mol. The Morgan fingerprint density at radius 3 is 2.36 bits per heavy atom. The lowest BCUT2D eigenvalue weighted by Crippen LogP contribution is -2.12. The molecule has 0 aliphatic rings. The number of hydrogen-bond donors (Lipinski definition) is 2. The second-order valence-corrected chi connectivity index (χ2v) is 5.77. The lowest BCUT2D eigenvalue weighted by Gasteiger charge is -2.11. The number of ether oxygens (including phenoxy) is 2. The van der Waals surface area contributed by atoms with Gasteiger partial charge in [0.1, 0.15) is 5.82 Å². The third kappa shape index (κ3) is 4.37. The first-order valence-electron chi connectivity index (χ1n) is 8.39. The van der Waals surface area contributed by atoms with Crippen LogP contribution in [0.15, 0.2) is 60.8 Å². The molecule has 7 heteroatoms. The Bertz CT molecular complexity index is 1030. The van der Waals surface area contributed by atoms with Gasteiger partial charge in [-0.2, -0.15) is 5.26 Å². The first-order chi connectivity index (χ1) is 13.6. The lowest BCUT2D eigenvalue weighted by molar-refractivity contribution is 0.102. The first-order valence-corrected chi connectivity index (χ1v) is 8.39. The number of nitriles is 1. The third-order valence-corrected chi connectivity index (χ3v) is 3.95. The molecule has 2 aromatic carbocycles. The van der Waals surface area contributed by atoms with Crippen molar-refractivity contribution < 1.29 is 14.3 Å². The molecule has 0 fully saturated rings. The third-order valence-electron chi connectivity index (χ3n) is 3.95. The Morgan fingerprint density at radius 1 is 0.964 bits per heavy atom. The molecule has 1 amide bonds. The van der Waals surface area contributed by atoms with Gasteiger partial charge in [-0.3, -0.25) is 4.79 Å². The van der Waals surface area contributed by atoms with Crippen molar-refractivity contribution in [2.75, 3.05) is 24.9 Å². The molecule has 0 unspecified atom stereocenters. The molecule has 0 aliphatic heterocycles. The number of benzene rings is 2. The molecule has 0 spiro atoms. The second kappa shape index (κ2) is 8.56. The monoisotopic (exact) mass is 374 g/mol. The van der Waals surface area contributed by atoms with Crippen LogP contribution in [0.5, 0.6) is 11.5 Å². The summed E-state index contributed by atoms with van der Waals surface area (Å²) in [5, 5.41) is 14.8. The number of aromatic nitrogens is 1. The van der Waals surface area contributed by atoms with Gasteiger partial charge in [0, 0.05) is 29.2 Å². The van der Waals surface area contributed by atoms with Gasteiger partial charge in [0.05, 0.1) is 25.9 Å². The number of nitrogens with one attached hydrogen (secondary N) is 2. The molecule has 3 aromatic rings. The fourth-order valence-corrected chi connectivity index (χ4v) is 2.53. The van der Waals surface area contributed by atoms with E-state index in [0.717, 1.165) is 5.69 Å². The molecule has 0 saturated heterocycles. The van der Waals surface area contributed by atoms with Crippen molar-refractivity contribution >= 4 is 23.1 Å². The number of carbonyl (C=O) groups is 1. The average molecular weight is 374 g/mol. The van der Waals surface area contributed by atoms with Crippen LogP contribution >= 0.6 is 0 Å². The Morgan fingerprint density at radius 2 is 1.68 bits per heavy atom. The topological polar surface area (TPSA) is 96.3 Å². The Balaban J connectivity index is 1.74. The number of rotatable bonds is 6. The van der Waals surface area contributed by atoms with Crippen molar-refractivity contribution in [3.63, 3.8) is 0 Å². The van der Waals surface area contributed by atoms with Crippen molar-refractivity contribution in [3.8, 4) is 17.6 Å². The van der Waals surface area contributed by atoms with Gasteiger partial charge in [0.2, 0.25) is 0 Å². The molecule has 2 N–H and O–H groups in total. The van der Waals surface area contributed by atoms with Crippen LogP contribution in [0.25, 0.3) is 0 Å². The van der Waals surface area contributed by atoms with Crippen molar-refractivity contribution in [3.05, 3.63) is 71.9 Å². The average Bonchev–Trinajstić information content (AvgIpc) is 2.74. The lowest BCUT2D eigenvalue weighted by atomic mass is 10.2. The van der Waals surface area contributed by atoms with Gasteiger partial charge in [0.15, 0.2) is 11.5 Å². The summed E-state index contributed by atoms with van der Waals surface area (Å²) in [4.78, 5) is 16.7. The van der Waals surface area contributed by atoms with Gasteiger partial charge in [-0.15, -0.1) is 0 Å². The molecule has 0 aliphatic carbocycles. The minimum Gasteiger partial charge on any atom is -0.493 e. The van der Waals surface area contributed by atoms with Crippen LogP contribution in [-0.4, -0.2) is 25.1 Å². The minimum absolute atomic E-state index is 0.275. The SMILES string of the molecule is COc1ccc(Nc2cc(C(=O)Nc3ccc(C#N)cc3)ccn2)cc1OC. The maximum atomic E-state index is 12.5. The number of carbonyl (C=O) groups excluding carboxylic acids is 1. The number of hydrogen-bond acceptors (Lipinski definition) is 6. The summed E-state index contributed by atoms with van der Waals surface area (Å²) in [5.41, 5.74) is 2.33. The second-order valence-electron chi connectivity index (χ2n) is 5.77. The van der Waals surface area contributed by atoms with Gasteiger partial charge in [-0.05, 0) is 48.5 Å². The highest BCUT2D eigenvalue weighted by Gasteiger charge is 2.09. The fraction of sp³-hybridized carbons (Fsp3) is 0.0952. The van der Waals surface area contributed by atoms with E-state index in [9.17, 15) is 4.79 Å². The predicted octanol–water partition coefficient (Wildman–Crippen LogP) is 3.97. The van der Waals surface area contributed by atoms with Crippen molar-refractivity contribution in [1.82, 2.24) is 4.98 Å². The summed E-state index contributed by atoms with van der Waals surface area (Å²) < 4.78 is 10.5. The van der Waals surface area contributed by atoms with E-state index < -0.39 is 0 Å². The van der Waals surface area contributed by atoms with Crippen LogP contribution in [-0.2, 0) is 0 Å². The van der Waals surface area contributed by atoms with Crippen LogP contribution in [0.1, 0.15) is 15.9 Å². The number of methoxy groups -OCH3 is 2. The molecule has 1 heterocycles. The minimum atomic E-state index is -0.275. The van der Waals surface area contributed by atoms with Crippen LogP contribution in [0.4, 0.5) is 17.2 Å². The number of pyridine rings is 1. The van der Waals surface area contributed by atoms with E-state index in [1.807, 2.05) is 12.1 Å². The van der Waals surface area contributed by atoms with Crippen molar-refractivity contribution in [2.24, 2.45) is 0 Å². The quantitative estimate of drug-likeness (QED) is 0.678. The van der Waals surface area contributed by atoms with Crippen LogP contribution < -0.4 is 20.1 Å². The molecule has 140 valence electrons. The molecule has 0 bridgehead atoms. The smallest absolute Gasteiger partial charge is 0.255 e. The Kier molecular flexibility index (Phi) is 5.72. The van der Waals surface area contributed by atoms with Gasteiger partial charge in [-0.25, -0.2) is 4.98 Å². The number of anilines is 3. The van der Waals surface area contributed by atoms with Crippen LogP contribution in [0, 0.1) is 11.3 Å². The zero-order valence-electron chi connectivity index (χ0n) is 15.4. The van der Waals surface area contributed by atoms with Crippen molar-refractivity contribution in [2.45, 2.75) is 0 Å². The number of amides is 1. The van der Waals surface area contributed by atoms with Gasteiger partial charge in [-0.1, -0.05) is 0 Å². The predicted molar refractivity (Wildman–Crippen MR) is 106 cm³/mol. The van der Waals surface area contributed by atoms with E-state index in [1.54, 1.807) is 68.9 Å². The standard InChI is InChI=1S/C21H18N4O3/c1-27-18-8-7-17(12-19(18)28-2)24-20-11-15(9-10-23-20)21(26)25-16-5-3-14(13-22)4-6-16/h3-12H,1-2H3,(H,23,24)(H,25,26). The van der Waals surface area contributed by atoms with Gasteiger partial charge in [0.25, 0.3) is 5.91 Å². The largest absolute Gasteiger partial charge is 0.493 e. The maximum absolute atomic E-state index is 12.5. The Labute approximate surface area is 162 Å². The summed E-state index contributed by atoms with van der Waals surface area (Å²) in [6.45, 7) is 0. The highest BCUT2D eigenvalue weighted by Crippen LogP contribution is 2.30. The molecule has 0 radical (unpaired) electrons. The fourth-order valence-electron chi connectivity index (χ4n) is 2.53. The normalized spacial score (nSPS) is 9.89. The van der Waals surface area contributed by atoms with E-state index in [-0.39, 0.29) is 5.91 Å². The molecule has 1 aromatic heterocycles. The summed E-state index contributed by atoms with van der Waals surface area (Å²) in [7, 11) is 3.14. The zero-order chi connectivity index (χ0) is 19.9.